The number of carbonyl (C=O) groups excluding carboxylic acids is 1. The summed E-state index contributed by atoms with van der Waals surface area (Å²) in [5, 5.41) is 6.06. The molecule has 1 aromatic carbocycles. The molecule has 22 heavy (non-hydrogen) atoms. The third-order valence-corrected chi connectivity index (χ3v) is 6.33. The van der Waals surface area contributed by atoms with Crippen LogP contribution in [0.15, 0.2) is 24.3 Å². The monoisotopic (exact) mass is 323 g/mol. The highest BCUT2D eigenvalue weighted by Gasteiger charge is 2.29. The van der Waals surface area contributed by atoms with E-state index in [-0.39, 0.29) is 17.6 Å². The standard InChI is InChI=1S/C15H21N3O3S/c1-11(12-9-16-10-12)15(19)17-13-3-5-14(6-4-13)18-7-2-8-22(18,20)21/h3-6,11-12,16H,2,7-10H2,1H3,(H,17,19). The second kappa shape index (κ2) is 5.89. The van der Waals surface area contributed by atoms with Gasteiger partial charge in [-0.1, -0.05) is 6.92 Å². The fourth-order valence-corrected chi connectivity index (χ4v) is 4.34. The van der Waals surface area contributed by atoms with Crippen LogP contribution >= 0.6 is 0 Å². The molecule has 2 aliphatic rings. The van der Waals surface area contributed by atoms with Crippen LogP contribution in [0, 0.1) is 11.8 Å². The molecule has 0 bridgehead atoms. The zero-order valence-corrected chi connectivity index (χ0v) is 13.4. The van der Waals surface area contributed by atoms with Crippen molar-refractivity contribution in [1.82, 2.24) is 5.32 Å². The number of nitrogens with one attached hydrogen (secondary N) is 2. The molecule has 2 heterocycles. The second-order valence-corrected chi connectivity index (χ2v) is 8.00. The molecule has 7 heteroatoms. The summed E-state index contributed by atoms with van der Waals surface area (Å²) in [4.78, 5) is 12.1. The van der Waals surface area contributed by atoms with Crippen molar-refractivity contribution < 1.29 is 13.2 Å². The van der Waals surface area contributed by atoms with Crippen molar-refractivity contribution in [2.75, 3.05) is 35.0 Å². The molecule has 0 aliphatic carbocycles. The van der Waals surface area contributed by atoms with Crippen LogP contribution in [0.1, 0.15) is 13.3 Å². The maximum absolute atomic E-state index is 12.1. The normalized spacial score (nSPS) is 22.1. The van der Waals surface area contributed by atoms with Gasteiger partial charge in [0.1, 0.15) is 0 Å². The molecule has 2 aliphatic heterocycles. The third-order valence-electron chi connectivity index (χ3n) is 4.46. The molecule has 1 amide bonds. The Labute approximate surface area is 130 Å². The van der Waals surface area contributed by atoms with Crippen LogP contribution in [-0.2, 0) is 14.8 Å². The summed E-state index contributed by atoms with van der Waals surface area (Å²) < 4.78 is 25.2. The van der Waals surface area contributed by atoms with Crippen molar-refractivity contribution in [3.05, 3.63) is 24.3 Å². The van der Waals surface area contributed by atoms with Crippen molar-refractivity contribution in [2.24, 2.45) is 11.8 Å². The van der Waals surface area contributed by atoms with Gasteiger partial charge in [-0.3, -0.25) is 9.10 Å². The van der Waals surface area contributed by atoms with Crippen LogP contribution in [0.2, 0.25) is 0 Å². The molecule has 120 valence electrons. The summed E-state index contributed by atoms with van der Waals surface area (Å²) in [5.74, 6) is 0.584. The number of hydrogen-bond donors (Lipinski definition) is 2. The molecule has 6 nitrogen and oxygen atoms in total. The quantitative estimate of drug-likeness (QED) is 0.867. The Morgan fingerprint density at radius 3 is 2.50 bits per heavy atom. The number of rotatable bonds is 4. The molecule has 2 fully saturated rings. The van der Waals surface area contributed by atoms with E-state index < -0.39 is 10.0 Å². The van der Waals surface area contributed by atoms with E-state index >= 15 is 0 Å². The van der Waals surface area contributed by atoms with Crippen molar-refractivity contribution in [3.63, 3.8) is 0 Å². The molecule has 0 spiro atoms. The second-order valence-electron chi connectivity index (χ2n) is 5.98. The lowest BCUT2D eigenvalue weighted by Gasteiger charge is -2.31. The molecule has 2 saturated heterocycles. The van der Waals surface area contributed by atoms with Crippen molar-refractivity contribution >= 4 is 27.3 Å². The van der Waals surface area contributed by atoms with Gasteiger partial charge in [0.05, 0.1) is 11.4 Å². The molecule has 1 unspecified atom stereocenters. The maximum atomic E-state index is 12.1. The van der Waals surface area contributed by atoms with E-state index in [1.54, 1.807) is 24.3 Å². The fraction of sp³-hybridized carbons (Fsp3) is 0.533. The minimum Gasteiger partial charge on any atom is -0.326 e. The minimum absolute atomic E-state index is 0.00745. The van der Waals surface area contributed by atoms with Crippen LogP contribution in [0.3, 0.4) is 0 Å². The van der Waals surface area contributed by atoms with Gasteiger partial charge in [0, 0.05) is 18.2 Å². The summed E-state index contributed by atoms with van der Waals surface area (Å²) in [6, 6.07) is 7.00. The van der Waals surface area contributed by atoms with Gasteiger partial charge < -0.3 is 10.6 Å². The number of amides is 1. The average molecular weight is 323 g/mol. The van der Waals surface area contributed by atoms with E-state index in [0.717, 1.165) is 13.1 Å². The molecule has 1 aromatic rings. The van der Waals surface area contributed by atoms with Gasteiger partial charge in [-0.2, -0.15) is 0 Å². The summed E-state index contributed by atoms with van der Waals surface area (Å²) in [6.07, 6.45) is 0.660. The first kappa shape index (κ1) is 15.3. The predicted octanol–water partition coefficient (Wildman–Crippen LogP) is 1.02. The lowest BCUT2D eigenvalue weighted by atomic mass is 9.88. The number of sulfonamides is 1. The topological polar surface area (TPSA) is 78.5 Å². The van der Waals surface area contributed by atoms with Crippen LogP contribution in [0.25, 0.3) is 0 Å². The number of nitrogens with zero attached hydrogens (tertiary/aromatic N) is 1. The SMILES string of the molecule is CC(C(=O)Nc1ccc(N2CCCS2(=O)=O)cc1)C1CNC1. The summed E-state index contributed by atoms with van der Waals surface area (Å²) >= 11 is 0. The lowest BCUT2D eigenvalue weighted by molar-refractivity contribution is -0.121. The maximum Gasteiger partial charge on any atom is 0.235 e. The Morgan fingerprint density at radius 1 is 1.32 bits per heavy atom. The molecule has 2 N–H and O–H groups in total. The van der Waals surface area contributed by atoms with Gasteiger partial charge in [-0.25, -0.2) is 8.42 Å². The zero-order valence-electron chi connectivity index (χ0n) is 12.6. The van der Waals surface area contributed by atoms with Gasteiger partial charge in [0.25, 0.3) is 0 Å². The summed E-state index contributed by atoms with van der Waals surface area (Å²) in [6.45, 7) is 4.24. The number of hydrogen-bond acceptors (Lipinski definition) is 4. The van der Waals surface area contributed by atoms with E-state index in [2.05, 4.69) is 10.6 Å². The van der Waals surface area contributed by atoms with Gasteiger partial charge in [-0.05, 0) is 49.7 Å². The highest BCUT2D eigenvalue weighted by Crippen LogP contribution is 2.26. The molecule has 0 radical (unpaired) electrons. The molecular formula is C15H21N3O3S. The minimum atomic E-state index is -3.16. The van der Waals surface area contributed by atoms with Crippen molar-refractivity contribution in [2.45, 2.75) is 13.3 Å². The van der Waals surface area contributed by atoms with Gasteiger partial charge in [0.15, 0.2) is 0 Å². The van der Waals surface area contributed by atoms with Crippen LogP contribution in [0.4, 0.5) is 11.4 Å². The van der Waals surface area contributed by atoms with Gasteiger partial charge in [-0.15, -0.1) is 0 Å². The first-order valence-corrected chi connectivity index (χ1v) is 9.20. The van der Waals surface area contributed by atoms with Crippen molar-refractivity contribution in [3.8, 4) is 0 Å². The predicted molar refractivity (Wildman–Crippen MR) is 86.3 cm³/mol. The number of anilines is 2. The lowest BCUT2D eigenvalue weighted by Crippen LogP contribution is -2.48. The Hall–Kier alpha value is -1.60. The smallest absolute Gasteiger partial charge is 0.235 e. The van der Waals surface area contributed by atoms with E-state index in [4.69, 9.17) is 0 Å². The van der Waals surface area contributed by atoms with E-state index in [1.807, 2.05) is 6.92 Å². The highest BCUT2D eigenvalue weighted by molar-refractivity contribution is 7.93. The molecule has 1 atom stereocenters. The van der Waals surface area contributed by atoms with Crippen LogP contribution in [0.5, 0.6) is 0 Å². The Balaban J connectivity index is 1.65. The third kappa shape index (κ3) is 2.96. The largest absolute Gasteiger partial charge is 0.326 e. The van der Waals surface area contributed by atoms with E-state index in [1.165, 1.54) is 4.31 Å². The van der Waals surface area contributed by atoms with Gasteiger partial charge in [0.2, 0.25) is 15.9 Å². The number of carbonyl (C=O) groups is 1. The Kier molecular flexibility index (Phi) is 4.10. The van der Waals surface area contributed by atoms with Gasteiger partial charge >= 0.3 is 0 Å². The molecule has 0 saturated carbocycles. The Bertz CT molecular complexity index is 653. The molecule has 3 rings (SSSR count). The molecule has 0 aromatic heterocycles. The first-order valence-electron chi connectivity index (χ1n) is 7.59. The summed E-state index contributed by atoms with van der Waals surface area (Å²) in [5.41, 5.74) is 1.36. The van der Waals surface area contributed by atoms with Crippen LogP contribution < -0.4 is 14.9 Å². The zero-order chi connectivity index (χ0) is 15.7. The van der Waals surface area contributed by atoms with E-state index in [9.17, 15) is 13.2 Å². The van der Waals surface area contributed by atoms with Crippen molar-refractivity contribution in [1.29, 1.82) is 0 Å². The first-order chi connectivity index (χ1) is 10.5. The molecular weight excluding hydrogens is 302 g/mol. The number of benzene rings is 1. The van der Waals surface area contributed by atoms with E-state index in [0.29, 0.717) is 30.3 Å². The fourth-order valence-electron chi connectivity index (χ4n) is 2.78. The van der Waals surface area contributed by atoms with Crippen LogP contribution in [-0.4, -0.2) is 39.7 Å². The summed E-state index contributed by atoms with van der Waals surface area (Å²) in [7, 11) is -3.16. The Morgan fingerprint density at radius 2 is 2.00 bits per heavy atom. The highest BCUT2D eigenvalue weighted by atomic mass is 32.2. The average Bonchev–Trinajstić information content (AvgIpc) is 2.77.